The van der Waals surface area contributed by atoms with Gasteiger partial charge in [0.25, 0.3) is 5.69 Å². The summed E-state index contributed by atoms with van der Waals surface area (Å²) in [6.45, 7) is 0. The number of aryl methyl sites for hydroxylation is 2. The van der Waals surface area contributed by atoms with Crippen molar-refractivity contribution < 1.29 is 14.8 Å². The summed E-state index contributed by atoms with van der Waals surface area (Å²) < 4.78 is 1.83. The first-order chi connectivity index (χ1) is 9.99. The summed E-state index contributed by atoms with van der Waals surface area (Å²) >= 11 is 0. The van der Waals surface area contributed by atoms with Gasteiger partial charge in [0.15, 0.2) is 0 Å². The zero-order valence-electron chi connectivity index (χ0n) is 11.7. The number of nitrogens with zero attached hydrogens (tertiary/aromatic N) is 2. The van der Waals surface area contributed by atoms with E-state index in [1.807, 2.05) is 23.7 Å². The zero-order valence-corrected chi connectivity index (χ0v) is 11.7. The van der Waals surface area contributed by atoms with E-state index in [-0.39, 0.29) is 22.9 Å². The third kappa shape index (κ3) is 2.37. The summed E-state index contributed by atoms with van der Waals surface area (Å²) in [6, 6.07) is 3.75. The lowest BCUT2D eigenvalue weighted by Gasteiger charge is -2.05. The molecule has 0 saturated heterocycles. The quantitative estimate of drug-likeness (QED) is 0.677. The summed E-state index contributed by atoms with van der Waals surface area (Å²) in [5, 5.41) is 21.0. The molecule has 1 aromatic heterocycles. The van der Waals surface area contributed by atoms with Crippen LogP contribution in [-0.4, -0.2) is 20.6 Å². The van der Waals surface area contributed by atoms with Gasteiger partial charge in [-0.1, -0.05) is 0 Å². The lowest BCUT2D eigenvalue weighted by Crippen LogP contribution is -1.99. The standard InChI is InChI=1S/C15H16N2O4/c1-16-8-10(4-7-13(18)19)14-12(16)6-5-11(9-2-3-9)15(14)17(20)21/h5-6,8-9H,2-4,7H2,1H3,(H,18,19). The molecular weight excluding hydrogens is 272 g/mol. The van der Waals surface area contributed by atoms with Crippen molar-refractivity contribution in [2.75, 3.05) is 0 Å². The van der Waals surface area contributed by atoms with Gasteiger partial charge in [0, 0.05) is 25.2 Å². The van der Waals surface area contributed by atoms with Crippen LogP contribution in [0.5, 0.6) is 0 Å². The summed E-state index contributed by atoms with van der Waals surface area (Å²) in [4.78, 5) is 22.0. The van der Waals surface area contributed by atoms with Crippen LogP contribution in [0.25, 0.3) is 10.9 Å². The predicted molar refractivity (Wildman–Crippen MR) is 77.5 cm³/mol. The third-order valence-electron chi connectivity index (χ3n) is 4.05. The molecule has 0 aliphatic heterocycles. The maximum atomic E-state index is 11.5. The van der Waals surface area contributed by atoms with Gasteiger partial charge in [0.2, 0.25) is 0 Å². The first kappa shape index (κ1) is 13.6. The maximum Gasteiger partial charge on any atom is 0.303 e. The van der Waals surface area contributed by atoms with Crippen molar-refractivity contribution in [3.05, 3.63) is 39.6 Å². The Morgan fingerprint density at radius 3 is 2.76 bits per heavy atom. The highest BCUT2D eigenvalue weighted by Crippen LogP contribution is 2.47. The van der Waals surface area contributed by atoms with Crippen molar-refractivity contribution >= 4 is 22.6 Å². The van der Waals surface area contributed by atoms with Crippen molar-refractivity contribution in [2.45, 2.75) is 31.6 Å². The van der Waals surface area contributed by atoms with E-state index in [1.165, 1.54) is 0 Å². The minimum Gasteiger partial charge on any atom is -0.481 e. The van der Waals surface area contributed by atoms with E-state index in [2.05, 4.69) is 0 Å². The largest absolute Gasteiger partial charge is 0.481 e. The number of hydrogen-bond donors (Lipinski definition) is 1. The van der Waals surface area contributed by atoms with Crippen LogP contribution in [-0.2, 0) is 18.3 Å². The van der Waals surface area contributed by atoms with Gasteiger partial charge in [-0.3, -0.25) is 14.9 Å². The van der Waals surface area contributed by atoms with E-state index >= 15 is 0 Å². The summed E-state index contributed by atoms with van der Waals surface area (Å²) in [6.07, 6.45) is 4.07. The van der Waals surface area contributed by atoms with Gasteiger partial charge in [0.1, 0.15) is 0 Å². The molecule has 1 aliphatic carbocycles. The molecule has 0 spiro atoms. The molecule has 0 unspecified atom stereocenters. The second-order valence-electron chi connectivity index (χ2n) is 5.59. The second kappa shape index (κ2) is 4.87. The molecule has 0 radical (unpaired) electrons. The molecule has 0 atom stereocenters. The zero-order chi connectivity index (χ0) is 15.1. The van der Waals surface area contributed by atoms with Crippen LogP contribution in [0.2, 0.25) is 0 Å². The Balaban J connectivity index is 2.21. The van der Waals surface area contributed by atoms with Crippen LogP contribution in [0.4, 0.5) is 5.69 Å². The smallest absolute Gasteiger partial charge is 0.303 e. The van der Waals surface area contributed by atoms with Gasteiger partial charge in [-0.2, -0.15) is 0 Å². The minimum atomic E-state index is -0.895. The molecule has 2 aromatic rings. The first-order valence-corrected chi connectivity index (χ1v) is 6.96. The number of nitro groups is 1. The van der Waals surface area contributed by atoms with Gasteiger partial charge >= 0.3 is 5.97 Å². The van der Waals surface area contributed by atoms with Gasteiger partial charge < -0.3 is 9.67 Å². The molecule has 1 fully saturated rings. The fourth-order valence-electron chi connectivity index (χ4n) is 2.93. The molecule has 3 rings (SSSR count). The highest BCUT2D eigenvalue weighted by molar-refractivity contribution is 5.94. The number of hydrogen-bond acceptors (Lipinski definition) is 3. The number of carboxylic acid groups (broad SMARTS) is 1. The van der Waals surface area contributed by atoms with Crippen LogP contribution in [0.3, 0.4) is 0 Å². The van der Waals surface area contributed by atoms with Gasteiger partial charge in [-0.05, 0) is 42.9 Å². The van der Waals surface area contributed by atoms with E-state index < -0.39 is 5.97 Å². The van der Waals surface area contributed by atoms with Gasteiger partial charge in [-0.25, -0.2) is 0 Å². The Morgan fingerprint density at radius 1 is 1.48 bits per heavy atom. The lowest BCUT2D eigenvalue weighted by atomic mass is 10.0. The Morgan fingerprint density at radius 2 is 2.19 bits per heavy atom. The van der Waals surface area contributed by atoms with Crippen LogP contribution in [0.1, 0.15) is 36.3 Å². The normalized spacial score (nSPS) is 14.5. The molecule has 1 N–H and O–H groups in total. The number of nitro benzene ring substituents is 1. The first-order valence-electron chi connectivity index (χ1n) is 6.96. The molecule has 6 nitrogen and oxygen atoms in total. The molecule has 0 amide bonds. The van der Waals surface area contributed by atoms with Crippen molar-refractivity contribution in [3.8, 4) is 0 Å². The molecule has 1 aromatic carbocycles. The van der Waals surface area contributed by atoms with E-state index in [1.54, 1.807) is 6.20 Å². The Kier molecular flexibility index (Phi) is 3.16. The van der Waals surface area contributed by atoms with E-state index in [4.69, 9.17) is 5.11 Å². The fourth-order valence-corrected chi connectivity index (χ4v) is 2.93. The molecule has 21 heavy (non-hydrogen) atoms. The summed E-state index contributed by atoms with van der Waals surface area (Å²) in [5.41, 5.74) is 2.47. The summed E-state index contributed by atoms with van der Waals surface area (Å²) in [7, 11) is 1.83. The molecule has 0 bridgehead atoms. The lowest BCUT2D eigenvalue weighted by molar-refractivity contribution is -0.383. The highest BCUT2D eigenvalue weighted by Gasteiger charge is 2.33. The van der Waals surface area contributed by atoms with Gasteiger partial charge in [-0.15, -0.1) is 0 Å². The van der Waals surface area contributed by atoms with Crippen molar-refractivity contribution in [1.29, 1.82) is 0 Å². The maximum absolute atomic E-state index is 11.5. The molecule has 110 valence electrons. The van der Waals surface area contributed by atoms with Crippen LogP contribution in [0, 0.1) is 10.1 Å². The third-order valence-corrected chi connectivity index (χ3v) is 4.05. The number of carboxylic acids is 1. The van der Waals surface area contributed by atoms with E-state index in [0.29, 0.717) is 11.8 Å². The minimum absolute atomic E-state index is 0.0239. The van der Waals surface area contributed by atoms with Gasteiger partial charge in [0.05, 0.1) is 15.8 Å². The number of fused-ring (bicyclic) bond motifs is 1. The second-order valence-corrected chi connectivity index (χ2v) is 5.59. The predicted octanol–water partition coefficient (Wildman–Crippen LogP) is 2.98. The van der Waals surface area contributed by atoms with E-state index in [9.17, 15) is 14.9 Å². The van der Waals surface area contributed by atoms with Crippen LogP contribution >= 0.6 is 0 Å². The molecule has 1 aliphatic rings. The Bertz CT molecular complexity index is 744. The van der Waals surface area contributed by atoms with Crippen molar-refractivity contribution in [2.24, 2.45) is 7.05 Å². The monoisotopic (exact) mass is 288 g/mol. The molecule has 1 heterocycles. The highest BCUT2D eigenvalue weighted by atomic mass is 16.6. The number of rotatable bonds is 5. The number of aliphatic carboxylic acids is 1. The van der Waals surface area contributed by atoms with Crippen LogP contribution < -0.4 is 0 Å². The Labute approximate surface area is 121 Å². The van der Waals surface area contributed by atoms with Crippen LogP contribution in [0.15, 0.2) is 18.3 Å². The van der Waals surface area contributed by atoms with Crippen molar-refractivity contribution in [1.82, 2.24) is 4.57 Å². The topological polar surface area (TPSA) is 85.4 Å². The average Bonchev–Trinajstić information content (AvgIpc) is 3.21. The molecule has 1 saturated carbocycles. The average molecular weight is 288 g/mol. The van der Waals surface area contributed by atoms with E-state index in [0.717, 1.165) is 29.5 Å². The number of aromatic nitrogens is 1. The molecular formula is C15H16N2O4. The number of benzene rings is 1. The molecule has 6 heteroatoms. The summed E-state index contributed by atoms with van der Waals surface area (Å²) in [5.74, 6) is -0.615. The van der Waals surface area contributed by atoms with Crippen molar-refractivity contribution in [3.63, 3.8) is 0 Å². The Hall–Kier alpha value is -2.37. The number of carbonyl (C=O) groups is 1. The fraction of sp³-hybridized carbons (Fsp3) is 0.400. The SMILES string of the molecule is Cn1cc(CCC(=O)O)c2c([N+](=O)[O-])c(C3CC3)ccc21.